The van der Waals surface area contributed by atoms with Crippen LogP contribution in [0.15, 0.2) is 0 Å². The van der Waals surface area contributed by atoms with Gasteiger partial charge in [-0.25, -0.2) is 0 Å². The van der Waals surface area contributed by atoms with Gasteiger partial charge in [-0.15, -0.1) is 0 Å². The van der Waals surface area contributed by atoms with Crippen LogP contribution in [0.3, 0.4) is 0 Å². The number of nitrogens with one attached hydrogen (secondary N) is 1. The van der Waals surface area contributed by atoms with Gasteiger partial charge in [0, 0.05) is 58.1 Å². The zero-order chi connectivity index (χ0) is 15.7. The Morgan fingerprint density at radius 3 is 2.64 bits per heavy atom. The molecule has 1 fully saturated rings. The van der Waals surface area contributed by atoms with E-state index in [9.17, 15) is 9.59 Å². The Balaban J connectivity index is 1.57. The number of hydrogen-bond acceptors (Lipinski definition) is 3. The number of H-pyrrole nitrogens is 1. The van der Waals surface area contributed by atoms with E-state index in [1.807, 2.05) is 4.90 Å². The van der Waals surface area contributed by atoms with Gasteiger partial charge in [-0.3, -0.25) is 14.7 Å². The number of rotatable bonds is 4. The Labute approximate surface area is 130 Å². The van der Waals surface area contributed by atoms with Gasteiger partial charge in [0.25, 0.3) is 0 Å². The van der Waals surface area contributed by atoms with Crippen LogP contribution in [-0.2, 0) is 22.4 Å². The number of hydrogen-bond donors (Lipinski definition) is 1. The number of fused-ring (bicyclic) bond motifs is 1. The average Bonchev–Trinajstić information content (AvgIpc) is 3.29. The first kappa shape index (κ1) is 15.1. The van der Waals surface area contributed by atoms with Crippen molar-refractivity contribution in [2.75, 3.05) is 27.2 Å². The van der Waals surface area contributed by atoms with E-state index in [2.05, 4.69) is 10.2 Å². The fraction of sp³-hybridized carbons (Fsp3) is 0.688. The molecule has 0 saturated heterocycles. The van der Waals surface area contributed by atoms with E-state index in [1.54, 1.807) is 14.1 Å². The van der Waals surface area contributed by atoms with Gasteiger partial charge in [0.2, 0.25) is 11.8 Å². The van der Waals surface area contributed by atoms with Gasteiger partial charge in [0.05, 0.1) is 5.69 Å². The highest BCUT2D eigenvalue weighted by molar-refractivity contribution is 5.83. The highest BCUT2D eigenvalue weighted by atomic mass is 16.2. The van der Waals surface area contributed by atoms with Crippen LogP contribution < -0.4 is 0 Å². The van der Waals surface area contributed by atoms with Crippen molar-refractivity contribution in [2.45, 2.75) is 44.4 Å². The maximum atomic E-state index is 12.3. The summed E-state index contributed by atoms with van der Waals surface area (Å²) in [5.74, 6) is 0.731. The quantitative estimate of drug-likeness (QED) is 0.905. The number of aromatic amines is 1. The van der Waals surface area contributed by atoms with Gasteiger partial charge in [0.1, 0.15) is 0 Å². The van der Waals surface area contributed by atoms with Crippen LogP contribution in [0.5, 0.6) is 0 Å². The first-order valence-electron chi connectivity index (χ1n) is 8.10. The molecule has 6 nitrogen and oxygen atoms in total. The van der Waals surface area contributed by atoms with Crippen LogP contribution in [0.1, 0.15) is 48.6 Å². The van der Waals surface area contributed by atoms with Crippen LogP contribution in [-0.4, -0.2) is 59.0 Å². The minimum absolute atomic E-state index is 0.00797. The van der Waals surface area contributed by atoms with Crippen molar-refractivity contribution in [1.29, 1.82) is 0 Å². The van der Waals surface area contributed by atoms with Gasteiger partial charge >= 0.3 is 0 Å². The van der Waals surface area contributed by atoms with Crippen LogP contribution in [0.4, 0.5) is 0 Å². The van der Waals surface area contributed by atoms with Crippen molar-refractivity contribution >= 4 is 11.8 Å². The smallest absolute Gasteiger partial charge is 0.223 e. The normalized spacial score (nSPS) is 17.8. The third kappa shape index (κ3) is 3.15. The van der Waals surface area contributed by atoms with E-state index in [-0.39, 0.29) is 11.8 Å². The van der Waals surface area contributed by atoms with Crippen molar-refractivity contribution in [3.05, 3.63) is 17.0 Å². The van der Waals surface area contributed by atoms with Gasteiger partial charge in [-0.1, -0.05) is 0 Å². The van der Waals surface area contributed by atoms with E-state index in [4.69, 9.17) is 0 Å². The Morgan fingerprint density at radius 2 is 1.95 bits per heavy atom. The highest BCUT2D eigenvalue weighted by Gasteiger charge is 2.31. The molecule has 1 aliphatic heterocycles. The lowest BCUT2D eigenvalue weighted by atomic mass is 10.1. The number of carbonyl (C=O) groups is 2. The molecule has 0 aromatic carbocycles. The zero-order valence-electron chi connectivity index (χ0n) is 13.4. The van der Waals surface area contributed by atoms with E-state index < -0.39 is 0 Å². The minimum Gasteiger partial charge on any atom is -0.349 e. The molecule has 0 atom stereocenters. The Morgan fingerprint density at radius 1 is 1.23 bits per heavy atom. The summed E-state index contributed by atoms with van der Waals surface area (Å²) in [7, 11) is 3.44. The first-order valence-corrected chi connectivity index (χ1v) is 8.10. The van der Waals surface area contributed by atoms with E-state index in [0.717, 1.165) is 19.4 Å². The fourth-order valence-electron chi connectivity index (χ4n) is 3.05. The zero-order valence-corrected chi connectivity index (χ0v) is 13.4. The second-order valence-electron chi connectivity index (χ2n) is 6.51. The van der Waals surface area contributed by atoms with E-state index >= 15 is 0 Å². The summed E-state index contributed by atoms with van der Waals surface area (Å²) in [5.41, 5.74) is 3.76. The molecule has 2 aliphatic rings. The molecule has 0 radical (unpaired) electrons. The van der Waals surface area contributed by atoms with Crippen molar-refractivity contribution in [2.24, 2.45) is 0 Å². The lowest BCUT2D eigenvalue weighted by molar-refractivity contribution is -0.135. The number of aromatic nitrogens is 2. The predicted octanol–water partition coefficient (Wildman–Crippen LogP) is 1.08. The molecule has 0 bridgehead atoms. The number of amides is 2. The van der Waals surface area contributed by atoms with Crippen molar-refractivity contribution in [1.82, 2.24) is 20.0 Å². The fourth-order valence-corrected chi connectivity index (χ4v) is 3.05. The Bertz CT molecular complexity index is 575. The molecule has 0 spiro atoms. The summed E-state index contributed by atoms with van der Waals surface area (Å²) in [4.78, 5) is 27.3. The molecule has 1 aromatic heterocycles. The summed E-state index contributed by atoms with van der Waals surface area (Å²) in [6.45, 7) is 1.45. The van der Waals surface area contributed by atoms with Crippen LogP contribution in [0.25, 0.3) is 0 Å². The molecule has 1 aromatic rings. The standard InChI is InChI=1S/C16H24N4O2/c1-19(2)14(21)5-6-15(22)20-9-7-12-13(8-10-20)17-18-16(12)11-3-4-11/h11H,3-10H2,1-2H3,(H,17,18). The number of carbonyl (C=O) groups excluding carboxylic acids is 2. The summed E-state index contributed by atoms with van der Waals surface area (Å²) < 4.78 is 0. The largest absolute Gasteiger partial charge is 0.349 e. The molecule has 120 valence electrons. The van der Waals surface area contributed by atoms with Gasteiger partial charge in [-0.05, 0) is 24.8 Å². The Kier molecular flexibility index (Phi) is 4.18. The first-order chi connectivity index (χ1) is 10.6. The molecule has 1 saturated carbocycles. The second-order valence-corrected chi connectivity index (χ2v) is 6.51. The minimum atomic E-state index is 0.00797. The average molecular weight is 304 g/mol. The van der Waals surface area contributed by atoms with Gasteiger partial charge in [0.15, 0.2) is 0 Å². The molecule has 0 unspecified atom stereocenters. The highest BCUT2D eigenvalue weighted by Crippen LogP contribution is 2.41. The van der Waals surface area contributed by atoms with Gasteiger partial charge < -0.3 is 9.80 Å². The lowest BCUT2D eigenvalue weighted by Gasteiger charge is -2.20. The van der Waals surface area contributed by atoms with Gasteiger partial charge in [-0.2, -0.15) is 5.10 Å². The van der Waals surface area contributed by atoms with Crippen LogP contribution in [0.2, 0.25) is 0 Å². The third-order valence-electron chi connectivity index (χ3n) is 4.62. The van der Waals surface area contributed by atoms with E-state index in [0.29, 0.717) is 25.3 Å². The summed E-state index contributed by atoms with van der Waals surface area (Å²) in [5, 5.41) is 7.64. The maximum absolute atomic E-state index is 12.3. The molecule has 6 heteroatoms. The molecule has 1 N–H and O–H groups in total. The molecule has 3 rings (SSSR count). The second kappa shape index (κ2) is 6.10. The topological polar surface area (TPSA) is 69.3 Å². The lowest BCUT2D eigenvalue weighted by Crippen LogP contribution is -2.34. The molecule has 22 heavy (non-hydrogen) atoms. The molecule has 2 amide bonds. The van der Waals surface area contributed by atoms with Crippen molar-refractivity contribution < 1.29 is 9.59 Å². The third-order valence-corrected chi connectivity index (χ3v) is 4.62. The SMILES string of the molecule is CN(C)C(=O)CCC(=O)N1CCc2[nH]nc(C3CC3)c2CC1. The van der Waals surface area contributed by atoms with Crippen molar-refractivity contribution in [3.63, 3.8) is 0 Å². The Hall–Kier alpha value is -1.85. The van der Waals surface area contributed by atoms with E-state index in [1.165, 1.54) is 34.7 Å². The molecular weight excluding hydrogens is 280 g/mol. The summed E-state index contributed by atoms with van der Waals surface area (Å²) >= 11 is 0. The van der Waals surface area contributed by atoms with Crippen molar-refractivity contribution in [3.8, 4) is 0 Å². The maximum Gasteiger partial charge on any atom is 0.223 e. The monoisotopic (exact) mass is 304 g/mol. The summed E-state index contributed by atoms with van der Waals surface area (Å²) in [6, 6.07) is 0. The van der Waals surface area contributed by atoms with Crippen LogP contribution in [0, 0.1) is 0 Å². The molecule has 2 heterocycles. The molecule has 1 aliphatic carbocycles. The predicted molar refractivity (Wildman–Crippen MR) is 82.5 cm³/mol. The molecular formula is C16H24N4O2. The number of nitrogens with zero attached hydrogens (tertiary/aromatic N) is 3. The van der Waals surface area contributed by atoms with Crippen LogP contribution >= 0.6 is 0 Å². The summed E-state index contributed by atoms with van der Waals surface area (Å²) in [6.07, 6.45) is 4.80.